The van der Waals surface area contributed by atoms with Crippen LogP contribution < -0.4 is 0 Å². The number of H-pyrrole nitrogens is 1. The molecule has 2 aromatic heterocycles. The summed E-state index contributed by atoms with van der Waals surface area (Å²) in [5.74, 6) is 0.637. The van der Waals surface area contributed by atoms with Gasteiger partial charge in [0.1, 0.15) is 7.11 Å². The van der Waals surface area contributed by atoms with Gasteiger partial charge in [-0.1, -0.05) is 29.4 Å². The Morgan fingerprint density at radius 1 is 1.15 bits per heavy atom. The normalized spacial score (nSPS) is 14.9. The molecule has 1 fully saturated rings. The third kappa shape index (κ3) is 6.40. The fourth-order valence-electron chi connectivity index (χ4n) is 5.55. The van der Waals surface area contributed by atoms with Crippen molar-refractivity contribution >= 4 is 34.0 Å². The summed E-state index contributed by atoms with van der Waals surface area (Å²) in [5.41, 5.74) is 5.32. The van der Waals surface area contributed by atoms with Crippen LogP contribution >= 0.6 is 0 Å². The van der Waals surface area contributed by atoms with E-state index in [-0.39, 0.29) is 11.8 Å². The molecule has 0 saturated carbocycles. The number of carbonyl (C=O) groups excluding carboxylic acids is 1. The van der Waals surface area contributed by atoms with Crippen molar-refractivity contribution in [3.05, 3.63) is 59.7 Å². The van der Waals surface area contributed by atoms with Gasteiger partial charge in [0.05, 0.1) is 30.1 Å². The molecule has 0 atom stereocenters. The van der Waals surface area contributed by atoms with Crippen LogP contribution in [0.15, 0.2) is 53.7 Å². The molecule has 2 aromatic carbocycles. The highest BCUT2D eigenvalue weighted by Gasteiger charge is 2.20. The number of esters is 1. The molecule has 0 unspecified atom stereocenters. The molecule has 1 aliphatic heterocycles. The van der Waals surface area contributed by atoms with Crippen molar-refractivity contribution in [2.24, 2.45) is 11.1 Å². The summed E-state index contributed by atoms with van der Waals surface area (Å²) < 4.78 is 4.77. The summed E-state index contributed by atoms with van der Waals surface area (Å²) in [6.45, 7) is 3.32. The van der Waals surface area contributed by atoms with Gasteiger partial charge in [-0.3, -0.25) is 4.79 Å². The molecule has 204 valence electrons. The number of ether oxygens (including phenoxy) is 1. The lowest BCUT2D eigenvalue weighted by molar-refractivity contribution is -0.141. The highest BCUT2D eigenvalue weighted by molar-refractivity contribution is 6.01. The zero-order valence-electron chi connectivity index (χ0n) is 22.7. The molecular weight excluding hydrogens is 492 g/mol. The van der Waals surface area contributed by atoms with Gasteiger partial charge in [0.25, 0.3) is 0 Å². The minimum Gasteiger partial charge on any atom is -0.494 e. The molecule has 8 nitrogen and oxygen atoms in total. The van der Waals surface area contributed by atoms with Crippen LogP contribution in [0.25, 0.3) is 33.1 Å². The number of methoxy groups -OCH3 is 1. The number of fused-ring (bicyclic) bond motifs is 2. The molecule has 1 aliphatic rings. The summed E-state index contributed by atoms with van der Waals surface area (Å²) >= 11 is 0. The number of nitrogens with zero attached hydrogens (tertiary/aromatic N) is 3. The van der Waals surface area contributed by atoms with Gasteiger partial charge in [-0.15, -0.1) is 0 Å². The van der Waals surface area contributed by atoms with Gasteiger partial charge < -0.3 is 24.6 Å². The minimum absolute atomic E-state index is 0.0984. The van der Waals surface area contributed by atoms with E-state index in [2.05, 4.69) is 39.3 Å². The Hall–Kier alpha value is -3.91. The van der Waals surface area contributed by atoms with Crippen molar-refractivity contribution in [3.8, 4) is 17.1 Å². The Balaban J connectivity index is 1.19. The van der Waals surface area contributed by atoms with Gasteiger partial charge in [0.15, 0.2) is 5.88 Å². The molecular formula is C31H36N4O4. The highest BCUT2D eigenvalue weighted by atomic mass is 16.6. The Bertz CT molecular complexity index is 1470. The fraction of sp³-hybridized carbons (Fsp3) is 0.387. The molecule has 0 spiro atoms. The minimum atomic E-state index is -0.0984. The highest BCUT2D eigenvalue weighted by Crippen LogP contribution is 2.36. The zero-order valence-corrected chi connectivity index (χ0v) is 22.7. The number of aromatic nitrogens is 2. The zero-order chi connectivity index (χ0) is 27.2. The standard InChI is InChI=1S/C31H36N4O4/c1-38-29(36)12-7-21-13-16-35(17-14-21)15-3-4-22-6-10-26-24(18-22)8-11-27(33-26)30-25-9-5-23(20-32-39-2)19-28(25)34-31(30)37/h5-6,8-11,18-21,34,37H,3-4,7,12-17H2,1-2H3/b32-20+. The quantitative estimate of drug-likeness (QED) is 0.156. The van der Waals surface area contributed by atoms with Gasteiger partial charge in [-0.2, -0.15) is 0 Å². The second-order valence-corrected chi connectivity index (χ2v) is 10.3. The molecule has 8 heteroatoms. The number of likely N-dealkylation sites (tertiary alicyclic amines) is 1. The SMILES string of the molecule is CO/N=C/c1ccc2c(-c3ccc4cc(CCCN5CCC(CCC(=O)OC)CC5)ccc4n3)c(O)[nH]c2c1. The molecule has 2 N–H and O–H groups in total. The Morgan fingerprint density at radius 3 is 2.79 bits per heavy atom. The number of pyridine rings is 1. The third-order valence-corrected chi connectivity index (χ3v) is 7.75. The molecule has 1 saturated heterocycles. The van der Waals surface area contributed by atoms with Crippen LogP contribution in [0.1, 0.15) is 43.2 Å². The van der Waals surface area contributed by atoms with E-state index >= 15 is 0 Å². The lowest BCUT2D eigenvalue weighted by Crippen LogP contribution is -2.34. The molecule has 0 bridgehead atoms. The summed E-state index contributed by atoms with van der Waals surface area (Å²) in [7, 11) is 2.96. The van der Waals surface area contributed by atoms with Crippen LogP contribution in [0.2, 0.25) is 0 Å². The second kappa shape index (κ2) is 12.3. The number of aryl methyl sites for hydroxylation is 1. The average molecular weight is 529 g/mol. The third-order valence-electron chi connectivity index (χ3n) is 7.75. The molecule has 39 heavy (non-hydrogen) atoms. The largest absolute Gasteiger partial charge is 0.494 e. The number of hydrogen-bond donors (Lipinski definition) is 2. The second-order valence-electron chi connectivity index (χ2n) is 10.3. The predicted molar refractivity (Wildman–Crippen MR) is 154 cm³/mol. The average Bonchev–Trinajstić information content (AvgIpc) is 3.29. The number of aromatic hydroxyl groups is 1. The van der Waals surface area contributed by atoms with Crippen LogP contribution in [0.5, 0.6) is 5.88 Å². The van der Waals surface area contributed by atoms with Crippen molar-refractivity contribution < 1.29 is 19.5 Å². The van der Waals surface area contributed by atoms with Gasteiger partial charge >= 0.3 is 5.97 Å². The monoisotopic (exact) mass is 528 g/mol. The first-order valence-electron chi connectivity index (χ1n) is 13.6. The molecule has 3 heterocycles. The van der Waals surface area contributed by atoms with Gasteiger partial charge in [0, 0.05) is 22.7 Å². The van der Waals surface area contributed by atoms with Crippen LogP contribution in [0, 0.1) is 5.92 Å². The maximum Gasteiger partial charge on any atom is 0.305 e. The molecule has 4 aromatic rings. The first-order chi connectivity index (χ1) is 19.0. The van der Waals surface area contributed by atoms with Crippen LogP contribution in [0.3, 0.4) is 0 Å². The van der Waals surface area contributed by atoms with E-state index in [1.54, 1.807) is 6.21 Å². The molecule has 0 aliphatic carbocycles. The topological polar surface area (TPSA) is 100 Å². The number of benzene rings is 2. The van der Waals surface area contributed by atoms with Crippen molar-refractivity contribution in [2.45, 2.75) is 38.5 Å². The summed E-state index contributed by atoms with van der Waals surface area (Å²) in [6, 6.07) is 16.3. The molecule has 5 rings (SSSR count). The van der Waals surface area contributed by atoms with Gasteiger partial charge in [-0.25, -0.2) is 4.98 Å². The number of carbonyl (C=O) groups is 1. The number of hydrogen-bond acceptors (Lipinski definition) is 7. The Kier molecular flexibility index (Phi) is 8.42. The Morgan fingerprint density at radius 2 is 2.00 bits per heavy atom. The maximum absolute atomic E-state index is 11.4. The van der Waals surface area contributed by atoms with Gasteiger partial charge in [0.2, 0.25) is 0 Å². The number of piperidine rings is 1. The number of rotatable bonds is 10. The van der Waals surface area contributed by atoms with Crippen LogP contribution in [0.4, 0.5) is 0 Å². The van der Waals surface area contributed by atoms with Crippen LogP contribution in [-0.2, 0) is 20.8 Å². The van der Waals surface area contributed by atoms with E-state index in [0.29, 0.717) is 17.9 Å². The van der Waals surface area contributed by atoms with Crippen molar-refractivity contribution in [1.29, 1.82) is 0 Å². The number of oxime groups is 1. The van der Waals surface area contributed by atoms with Gasteiger partial charge in [-0.05, 0) is 93.0 Å². The van der Waals surface area contributed by atoms with Crippen LogP contribution in [-0.4, -0.2) is 66.0 Å². The molecule has 0 amide bonds. The summed E-state index contributed by atoms with van der Waals surface area (Å²) in [6.07, 6.45) is 7.57. The first-order valence-corrected chi connectivity index (χ1v) is 13.6. The lowest BCUT2D eigenvalue weighted by atomic mass is 9.92. The predicted octanol–water partition coefficient (Wildman–Crippen LogP) is 5.67. The summed E-state index contributed by atoms with van der Waals surface area (Å²) in [4.78, 5) is 26.6. The van der Waals surface area contributed by atoms with Crippen molar-refractivity contribution in [1.82, 2.24) is 14.9 Å². The molecule has 0 radical (unpaired) electrons. The smallest absolute Gasteiger partial charge is 0.305 e. The maximum atomic E-state index is 11.4. The van der Waals surface area contributed by atoms with E-state index in [0.717, 1.165) is 84.8 Å². The van der Waals surface area contributed by atoms with E-state index in [9.17, 15) is 9.90 Å². The van der Waals surface area contributed by atoms with E-state index in [1.807, 2.05) is 24.3 Å². The Labute approximate surface area is 228 Å². The van der Waals surface area contributed by atoms with E-state index < -0.39 is 0 Å². The first kappa shape index (κ1) is 26.7. The van der Waals surface area contributed by atoms with E-state index in [1.165, 1.54) is 19.8 Å². The van der Waals surface area contributed by atoms with Crippen molar-refractivity contribution in [3.63, 3.8) is 0 Å². The number of aromatic amines is 1. The summed E-state index contributed by atoms with van der Waals surface area (Å²) in [5, 5.41) is 16.5. The lowest BCUT2D eigenvalue weighted by Gasteiger charge is -2.31. The van der Waals surface area contributed by atoms with E-state index in [4.69, 9.17) is 14.6 Å². The number of nitrogens with one attached hydrogen (secondary N) is 1. The van der Waals surface area contributed by atoms with Crippen molar-refractivity contribution in [2.75, 3.05) is 33.9 Å². The fourth-order valence-corrected chi connectivity index (χ4v) is 5.55.